The number of fused-ring (bicyclic) bond motifs is 1. The molecule has 0 amide bonds. The molecule has 2 aliphatic carbocycles. The largest absolute Gasteiger partial charge is 0.465 e. The molecule has 2 rings (SSSR count). The fraction of sp³-hybridized carbons (Fsp3) is 0.765. The van der Waals surface area contributed by atoms with Crippen LogP contribution < -0.4 is 0 Å². The quantitative estimate of drug-likeness (QED) is 0.221. The lowest BCUT2D eigenvalue weighted by molar-refractivity contribution is -0.508. The lowest BCUT2D eigenvalue weighted by Gasteiger charge is -2.51. The summed E-state index contributed by atoms with van der Waals surface area (Å²) >= 11 is 0. The van der Waals surface area contributed by atoms with Crippen LogP contribution in [0.3, 0.4) is 0 Å². The van der Waals surface area contributed by atoms with Crippen LogP contribution in [0.4, 0.5) is 0 Å². The lowest BCUT2D eigenvalue weighted by Crippen LogP contribution is -2.59. The maximum atomic E-state index is 12.5. The van der Waals surface area contributed by atoms with E-state index in [4.69, 9.17) is 9.47 Å². The average molecular weight is 339 g/mol. The van der Waals surface area contributed by atoms with E-state index in [9.17, 15) is 19.7 Å². The second kappa shape index (κ2) is 7.32. The third kappa shape index (κ3) is 3.16. The Morgan fingerprint density at radius 1 is 1.29 bits per heavy atom. The van der Waals surface area contributed by atoms with Gasteiger partial charge < -0.3 is 9.47 Å². The Hall–Kier alpha value is -1.92. The van der Waals surface area contributed by atoms with E-state index in [0.717, 1.165) is 12.8 Å². The predicted octanol–water partition coefficient (Wildman–Crippen LogP) is 2.37. The molecule has 0 spiro atoms. The van der Waals surface area contributed by atoms with Crippen LogP contribution in [0.15, 0.2) is 11.6 Å². The molecule has 134 valence electrons. The summed E-state index contributed by atoms with van der Waals surface area (Å²) in [7, 11) is 0. The van der Waals surface area contributed by atoms with Crippen LogP contribution in [0.2, 0.25) is 0 Å². The van der Waals surface area contributed by atoms with E-state index in [1.165, 1.54) is 5.57 Å². The molecule has 3 unspecified atom stereocenters. The molecule has 24 heavy (non-hydrogen) atoms. The summed E-state index contributed by atoms with van der Waals surface area (Å²) in [5.74, 6) is -2.54. The van der Waals surface area contributed by atoms with Crippen LogP contribution in [0, 0.1) is 33.3 Å². The van der Waals surface area contributed by atoms with E-state index in [2.05, 4.69) is 0 Å². The molecule has 7 nitrogen and oxygen atoms in total. The summed E-state index contributed by atoms with van der Waals surface area (Å²) < 4.78 is 10.1. The molecular formula is C17H25NO6. The Balaban J connectivity index is 2.39. The molecule has 0 aromatic rings. The van der Waals surface area contributed by atoms with Crippen molar-refractivity contribution in [2.45, 2.75) is 40.0 Å². The Labute approximate surface area is 141 Å². The molecule has 0 aliphatic heterocycles. The third-order valence-electron chi connectivity index (χ3n) is 5.25. The molecule has 7 heteroatoms. The Morgan fingerprint density at radius 3 is 2.33 bits per heavy atom. The van der Waals surface area contributed by atoms with Crippen molar-refractivity contribution in [1.29, 1.82) is 0 Å². The number of allylic oxidation sites excluding steroid dienone is 2. The van der Waals surface area contributed by atoms with E-state index in [-0.39, 0.29) is 25.0 Å². The van der Waals surface area contributed by atoms with Crippen molar-refractivity contribution in [2.24, 2.45) is 23.2 Å². The van der Waals surface area contributed by atoms with Crippen LogP contribution in [0.5, 0.6) is 0 Å². The van der Waals surface area contributed by atoms with Crippen molar-refractivity contribution >= 4 is 11.9 Å². The molecule has 0 saturated heterocycles. The number of nitrogens with zero attached hydrogens (tertiary/aromatic N) is 1. The fourth-order valence-electron chi connectivity index (χ4n) is 4.31. The Kier molecular flexibility index (Phi) is 5.62. The molecule has 0 bridgehead atoms. The highest BCUT2D eigenvalue weighted by molar-refractivity contribution is 5.96. The van der Waals surface area contributed by atoms with Gasteiger partial charge in [0.25, 0.3) is 0 Å². The first-order valence-corrected chi connectivity index (χ1v) is 8.54. The number of esters is 2. The number of ether oxygens (including phenoxy) is 2. The van der Waals surface area contributed by atoms with Crippen molar-refractivity contribution in [3.05, 3.63) is 21.8 Å². The molecule has 1 saturated carbocycles. The number of carbonyl (C=O) groups is 2. The maximum absolute atomic E-state index is 12.5. The van der Waals surface area contributed by atoms with E-state index in [0.29, 0.717) is 6.42 Å². The average Bonchev–Trinajstić information content (AvgIpc) is 2.84. The molecular weight excluding hydrogens is 314 g/mol. The first-order valence-electron chi connectivity index (χ1n) is 8.54. The third-order valence-corrected chi connectivity index (χ3v) is 5.25. The SMILES string of the molecule is CCOC(=O)C(C(=O)OCC)C1(C[N+](=O)[O-])CC2CC(CC)=CC21. The number of hydrogen-bond acceptors (Lipinski definition) is 6. The molecule has 0 aromatic carbocycles. The minimum Gasteiger partial charge on any atom is -0.465 e. The molecule has 2 aliphatic rings. The van der Waals surface area contributed by atoms with Gasteiger partial charge in [0, 0.05) is 4.92 Å². The van der Waals surface area contributed by atoms with Gasteiger partial charge in [-0.1, -0.05) is 18.6 Å². The van der Waals surface area contributed by atoms with Gasteiger partial charge in [0.05, 0.1) is 18.6 Å². The van der Waals surface area contributed by atoms with Gasteiger partial charge in [-0.05, 0) is 44.9 Å². The number of nitro groups is 1. The normalized spacial score (nSPS) is 27.9. The van der Waals surface area contributed by atoms with Crippen molar-refractivity contribution in [3.8, 4) is 0 Å². The Morgan fingerprint density at radius 2 is 1.88 bits per heavy atom. The van der Waals surface area contributed by atoms with Crippen LogP contribution >= 0.6 is 0 Å². The second-order valence-corrected chi connectivity index (χ2v) is 6.53. The Bertz CT molecular complexity index is 539. The van der Waals surface area contributed by atoms with Gasteiger partial charge in [0.15, 0.2) is 5.92 Å². The van der Waals surface area contributed by atoms with E-state index >= 15 is 0 Å². The second-order valence-electron chi connectivity index (χ2n) is 6.53. The predicted molar refractivity (Wildman–Crippen MR) is 85.6 cm³/mol. The first-order chi connectivity index (χ1) is 11.4. The minimum absolute atomic E-state index is 0.118. The summed E-state index contributed by atoms with van der Waals surface area (Å²) in [6.45, 7) is 5.15. The highest BCUT2D eigenvalue weighted by atomic mass is 16.6. The summed E-state index contributed by atoms with van der Waals surface area (Å²) in [5, 5.41) is 11.3. The van der Waals surface area contributed by atoms with Crippen molar-refractivity contribution in [3.63, 3.8) is 0 Å². The smallest absolute Gasteiger partial charge is 0.321 e. The van der Waals surface area contributed by atoms with Crippen LogP contribution in [0.1, 0.15) is 40.0 Å². The van der Waals surface area contributed by atoms with Gasteiger partial charge in [0.1, 0.15) is 0 Å². The van der Waals surface area contributed by atoms with E-state index in [1.54, 1.807) is 13.8 Å². The molecule has 0 N–H and O–H groups in total. The van der Waals surface area contributed by atoms with Crippen LogP contribution in [0.25, 0.3) is 0 Å². The highest BCUT2D eigenvalue weighted by Crippen LogP contribution is 2.62. The van der Waals surface area contributed by atoms with Gasteiger partial charge in [-0.25, -0.2) is 0 Å². The topological polar surface area (TPSA) is 95.7 Å². The number of carbonyl (C=O) groups excluding carboxylic acids is 2. The maximum Gasteiger partial charge on any atom is 0.321 e. The van der Waals surface area contributed by atoms with Crippen molar-refractivity contribution in [1.82, 2.24) is 0 Å². The van der Waals surface area contributed by atoms with Crippen LogP contribution in [-0.2, 0) is 19.1 Å². The lowest BCUT2D eigenvalue weighted by atomic mass is 9.49. The summed E-state index contributed by atoms with van der Waals surface area (Å²) in [5.41, 5.74) is 0.200. The standard InChI is InChI=1S/C17H25NO6/c1-4-11-7-12-9-17(10-18(21)22,13(12)8-11)14(15(19)23-5-2)16(20)24-6-3/h8,12-14H,4-7,9-10H2,1-3H3. The van der Waals surface area contributed by atoms with E-state index in [1.807, 2.05) is 13.0 Å². The van der Waals surface area contributed by atoms with Gasteiger partial charge >= 0.3 is 11.9 Å². The zero-order valence-electron chi connectivity index (χ0n) is 14.4. The molecule has 0 radical (unpaired) electrons. The number of hydrogen-bond donors (Lipinski definition) is 0. The summed E-state index contributed by atoms with van der Waals surface area (Å²) in [6.07, 6.45) is 4.27. The minimum atomic E-state index is -1.24. The van der Waals surface area contributed by atoms with Gasteiger partial charge in [-0.15, -0.1) is 0 Å². The van der Waals surface area contributed by atoms with Crippen molar-refractivity contribution in [2.75, 3.05) is 19.8 Å². The van der Waals surface area contributed by atoms with Gasteiger partial charge in [-0.3, -0.25) is 19.7 Å². The first kappa shape index (κ1) is 18.4. The van der Waals surface area contributed by atoms with Crippen LogP contribution in [-0.4, -0.2) is 36.6 Å². The number of rotatable bonds is 8. The zero-order chi connectivity index (χ0) is 17.9. The van der Waals surface area contributed by atoms with E-state index < -0.39 is 34.7 Å². The monoisotopic (exact) mass is 339 g/mol. The zero-order valence-corrected chi connectivity index (χ0v) is 14.4. The summed E-state index contributed by atoms with van der Waals surface area (Å²) in [6, 6.07) is 0. The van der Waals surface area contributed by atoms with Crippen molar-refractivity contribution < 1.29 is 24.0 Å². The molecule has 0 aromatic heterocycles. The van der Waals surface area contributed by atoms with Gasteiger partial charge in [0.2, 0.25) is 6.54 Å². The molecule has 1 fully saturated rings. The molecule has 3 atom stereocenters. The van der Waals surface area contributed by atoms with Gasteiger partial charge in [-0.2, -0.15) is 0 Å². The fourth-order valence-corrected chi connectivity index (χ4v) is 4.31. The summed E-state index contributed by atoms with van der Waals surface area (Å²) in [4.78, 5) is 35.8. The highest BCUT2D eigenvalue weighted by Gasteiger charge is 2.66. The molecule has 0 heterocycles.